The van der Waals surface area contributed by atoms with Gasteiger partial charge < -0.3 is 13.9 Å². The predicted molar refractivity (Wildman–Crippen MR) is 128 cm³/mol. The van der Waals surface area contributed by atoms with Crippen LogP contribution in [0.15, 0.2) is 33.5 Å². The van der Waals surface area contributed by atoms with E-state index < -0.39 is 0 Å². The lowest BCUT2D eigenvalue weighted by Gasteiger charge is -2.62. The lowest BCUT2D eigenvalue weighted by atomic mass is 9.42. The quantitative estimate of drug-likeness (QED) is 0.503. The summed E-state index contributed by atoms with van der Waals surface area (Å²) in [6.45, 7) is 19.3. The summed E-state index contributed by atoms with van der Waals surface area (Å²) in [7, 11) is 1.58. The molecule has 1 aromatic heterocycles. The zero-order valence-electron chi connectivity index (χ0n) is 20.8. The molecule has 2 unspecified atom stereocenters. The summed E-state index contributed by atoms with van der Waals surface area (Å²) in [6, 6.07) is 0. The van der Waals surface area contributed by atoms with Gasteiger partial charge in [0.25, 0.3) is 5.95 Å². The Morgan fingerprint density at radius 1 is 1.22 bits per heavy atom. The molecule has 4 rings (SSSR count). The zero-order valence-corrected chi connectivity index (χ0v) is 20.8. The van der Waals surface area contributed by atoms with E-state index in [4.69, 9.17) is 13.9 Å². The van der Waals surface area contributed by atoms with Crippen LogP contribution in [0.4, 0.5) is 0 Å². The van der Waals surface area contributed by atoms with Crippen LogP contribution < -0.4 is 10.2 Å². The topological polar surface area (TPSA) is 48.7 Å². The predicted octanol–water partition coefficient (Wildman–Crippen LogP) is 6.32. The molecule has 0 aromatic carbocycles. The highest BCUT2D eigenvalue weighted by Crippen LogP contribution is 2.67. The van der Waals surface area contributed by atoms with E-state index in [0.29, 0.717) is 41.3 Å². The number of allylic oxidation sites excluding steroid dienone is 1. The molecule has 4 nitrogen and oxygen atoms in total. The third kappa shape index (κ3) is 3.50. The Bertz CT molecular complexity index is 988. The van der Waals surface area contributed by atoms with Crippen LogP contribution in [0.25, 0.3) is 0 Å². The first-order valence-electron chi connectivity index (χ1n) is 12.2. The second kappa shape index (κ2) is 8.20. The van der Waals surface area contributed by atoms with Gasteiger partial charge in [-0.3, -0.25) is 4.79 Å². The van der Waals surface area contributed by atoms with Crippen molar-refractivity contribution in [3.05, 3.63) is 51.4 Å². The first-order valence-corrected chi connectivity index (χ1v) is 12.2. The van der Waals surface area contributed by atoms with Crippen molar-refractivity contribution in [1.82, 2.24) is 0 Å². The number of fused-ring (bicyclic) bond motifs is 3. The molecule has 2 saturated carbocycles. The minimum atomic E-state index is 0.0497. The largest absolute Gasteiger partial charge is 0.468 e. The first-order chi connectivity index (χ1) is 15.0. The maximum absolute atomic E-state index is 13.2. The maximum atomic E-state index is 13.2. The van der Waals surface area contributed by atoms with E-state index in [0.717, 1.165) is 38.5 Å². The van der Waals surface area contributed by atoms with Crippen LogP contribution in [0.1, 0.15) is 76.2 Å². The highest BCUT2D eigenvalue weighted by atomic mass is 16.6. The fraction of sp³-hybridized carbons (Fsp3) is 0.679. The molecular weight excluding hydrogens is 400 g/mol. The van der Waals surface area contributed by atoms with E-state index in [1.807, 2.05) is 13.8 Å². The van der Waals surface area contributed by atoms with Gasteiger partial charge in [-0.2, -0.15) is 0 Å². The van der Waals surface area contributed by atoms with Gasteiger partial charge >= 0.3 is 0 Å². The average Bonchev–Trinajstić information content (AvgIpc) is 3.15. The van der Waals surface area contributed by atoms with E-state index in [9.17, 15) is 4.79 Å². The summed E-state index contributed by atoms with van der Waals surface area (Å²) in [6.07, 6.45) is 7.63. The average molecular weight is 441 g/mol. The van der Waals surface area contributed by atoms with Gasteiger partial charge in [0.2, 0.25) is 0 Å². The molecule has 0 bridgehead atoms. The zero-order chi connectivity index (χ0) is 23.4. The molecule has 3 fully saturated rings. The minimum Gasteiger partial charge on any atom is -0.468 e. The van der Waals surface area contributed by atoms with Crippen LogP contribution in [0, 0.1) is 36.5 Å². The van der Waals surface area contributed by atoms with Crippen LogP contribution in [0.3, 0.4) is 0 Å². The van der Waals surface area contributed by atoms with Crippen molar-refractivity contribution in [1.29, 1.82) is 0 Å². The van der Waals surface area contributed by atoms with Gasteiger partial charge in [-0.25, -0.2) is 0 Å². The Balaban J connectivity index is 1.70. The lowest BCUT2D eigenvalue weighted by molar-refractivity contribution is -0.128. The molecule has 0 amide bonds. The van der Waals surface area contributed by atoms with Crippen LogP contribution in [-0.2, 0) is 11.2 Å². The SMILES string of the molecule is C=C(C)C[C@@H]1CC2[C@H](CC[C@]3(C)C(Cc4c(OC)oc(C)c(C)c4=O)C(=C)CC[C@]23C)O1. The van der Waals surface area contributed by atoms with Crippen LogP contribution in [-0.4, -0.2) is 19.3 Å². The number of hydrogen-bond acceptors (Lipinski definition) is 4. The van der Waals surface area contributed by atoms with Gasteiger partial charge in [0.05, 0.1) is 24.9 Å². The molecular formula is C28H40O4. The Kier molecular flexibility index (Phi) is 5.98. The molecule has 32 heavy (non-hydrogen) atoms. The van der Waals surface area contributed by atoms with Crippen LogP contribution in [0.2, 0.25) is 0 Å². The first kappa shape index (κ1) is 23.4. The smallest absolute Gasteiger partial charge is 0.291 e. The second-order valence-corrected chi connectivity index (χ2v) is 11.2. The van der Waals surface area contributed by atoms with Gasteiger partial charge in [-0.15, -0.1) is 6.58 Å². The fourth-order valence-corrected chi connectivity index (χ4v) is 7.20. The van der Waals surface area contributed by atoms with E-state index in [2.05, 4.69) is 33.9 Å². The van der Waals surface area contributed by atoms with Gasteiger partial charge in [-0.05, 0) is 88.4 Å². The number of hydrogen-bond donors (Lipinski definition) is 0. The normalized spacial score (nSPS) is 36.5. The molecule has 0 spiro atoms. The number of methoxy groups -OCH3 is 1. The second-order valence-electron chi connectivity index (χ2n) is 11.2. The highest BCUT2D eigenvalue weighted by molar-refractivity contribution is 5.33. The third-order valence-corrected chi connectivity index (χ3v) is 9.44. The number of rotatable bonds is 5. The standard InChI is InChI=1S/C28H40O4/c1-16(2)13-20-14-23-24(32-20)10-12-27(6)22(17(3)9-11-28(23,27)7)15-21-25(29)18(4)19(5)31-26(21)30-8/h20,22-24H,1,3,9-15H2,2,4-8H3/t20-,22?,23?,24+,27-,28-/m1/s1. The van der Waals surface area contributed by atoms with E-state index in [1.165, 1.54) is 11.1 Å². The molecule has 0 N–H and O–H groups in total. The van der Waals surface area contributed by atoms with Crippen LogP contribution in [0.5, 0.6) is 5.95 Å². The Morgan fingerprint density at radius 2 is 1.94 bits per heavy atom. The Hall–Kier alpha value is -1.81. The summed E-state index contributed by atoms with van der Waals surface area (Å²) in [4.78, 5) is 13.2. The summed E-state index contributed by atoms with van der Waals surface area (Å²) in [5.41, 5.74) is 4.06. The molecule has 2 heterocycles. The van der Waals surface area contributed by atoms with E-state index in [1.54, 1.807) is 7.11 Å². The molecule has 1 aliphatic heterocycles. The van der Waals surface area contributed by atoms with Crippen molar-refractivity contribution in [3.63, 3.8) is 0 Å². The Labute approximate surface area is 193 Å². The van der Waals surface area contributed by atoms with Gasteiger partial charge in [0.15, 0.2) is 5.43 Å². The van der Waals surface area contributed by atoms with Crippen molar-refractivity contribution in [2.45, 2.75) is 91.8 Å². The van der Waals surface area contributed by atoms with E-state index in [-0.39, 0.29) is 28.3 Å². The fourth-order valence-electron chi connectivity index (χ4n) is 7.20. The number of ether oxygens (including phenoxy) is 2. The summed E-state index contributed by atoms with van der Waals surface area (Å²) in [5.74, 6) is 1.75. The van der Waals surface area contributed by atoms with Crippen molar-refractivity contribution in [2.75, 3.05) is 7.11 Å². The molecule has 4 heteroatoms. The van der Waals surface area contributed by atoms with Crippen LogP contribution >= 0.6 is 0 Å². The van der Waals surface area contributed by atoms with Gasteiger partial charge in [-0.1, -0.05) is 31.6 Å². The van der Waals surface area contributed by atoms with Gasteiger partial charge in [0, 0.05) is 5.56 Å². The van der Waals surface area contributed by atoms with E-state index >= 15 is 0 Å². The van der Waals surface area contributed by atoms with Crippen molar-refractivity contribution in [3.8, 4) is 5.95 Å². The third-order valence-electron chi connectivity index (χ3n) is 9.44. The molecule has 1 aromatic rings. The Morgan fingerprint density at radius 3 is 2.59 bits per heavy atom. The minimum absolute atomic E-state index is 0.0497. The van der Waals surface area contributed by atoms with Gasteiger partial charge in [0.1, 0.15) is 5.76 Å². The summed E-state index contributed by atoms with van der Waals surface area (Å²) < 4.78 is 17.9. The summed E-state index contributed by atoms with van der Waals surface area (Å²) in [5, 5.41) is 0. The molecule has 1 saturated heterocycles. The molecule has 6 atom stereocenters. The highest BCUT2D eigenvalue weighted by Gasteiger charge is 2.62. The number of aryl methyl sites for hydroxylation is 1. The molecule has 3 aliphatic rings. The lowest BCUT2D eigenvalue weighted by Crippen LogP contribution is -2.57. The van der Waals surface area contributed by atoms with Crippen molar-refractivity contribution in [2.24, 2.45) is 22.7 Å². The molecule has 0 radical (unpaired) electrons. The summed E-state index contributed by atoms with van der Waals surface area (Å²) >= 11 is 0. The maximum Gasteiger partial charge on any atom is 0.291 e. The molecule has 176 valence electrons. The van der Waals surface area contributed by atoms with Crippen molar-refractivity contribution >= 4 is 0 Å². The molecule has 2 aliphatic carbocycles. The monoisotopic (exact) mass is 440 g/mol. The van der Waals surface area contributed by atoms with Crippen molar-refractivity contribution < 1.29 is 13.9 Å².